The second-order valence-electron chi connectivity index (χ2n) is 7.39. The van der Waals surface area contributed by atoms with Crippen molar-refractivity contribution in [3.05, 3.63) is 34.9 Å². The monoisotopic (exact) mass is 379 g/mol. The van der Waals surface area contributed by atoms with E-state index in [4.69, 9.17) is 16.7 Å². The van der Waals surface area contributed by atoms with Crippen molar-refractivity contribution in [3.8, 4) is 0 Å². The molecule has 0 radical (unpaired) electrons. The van der Waals surface area contributed by atoms with Crippen LogP contribution in [-0.2, 0) is 10.2 Å². The first kappa shape index (κ1) is 19.0. The van der Waals surface area contributed by atoms with Gasteiger partial charge in [0.1, 0.15) is 0 Å². The van der Waals surface area contributed by atoms with Crippen molar-refractivity contribution >= 4 is 23.6 Å². The Bertz CT molecular complexity index is 654. The highest BCUT2D eigenvalue weighted by Crippen LogP contribution is 2.47. The summed E-state index contributed by atoms with van der Waals surface area (Å²) < 4.78 is 0. The Hall–Kier alpha value is -1.79. The van der Waals surface area contributed by atoms with E-state index in [-0.39, 0.29) is 30.1 Å². The zero-order valence-electron chi connectivity index (χ0n) is 15.0. The summed E-state index contributed by atoms with van der Waals surface area (Å²) in [4.78, 5) is 25.0. The van der Waals surface area contributed by atoms with Crippen LogP contribution in [0.4, 0.5) is 4.79 Å². The molecule has 26 heavy (non-hydrogen) atoms. The van der Waals surface area contributed by atoms with E-state index in [1.165, 1.54) is 5.56 Å². The number of hydrogen-bond donors (Lipinski definition) is 3. The van der Waals surface area contributed by atoms with Crippen LogP contribution in [0.5, 0.6) is 0 Å². The van der Waals surface area contributed by atoms with Gasteiger partial charge in [-0.1, -0.05) is 30.7 Å². The van der Waals surface area contributed by atoms with Gasteiger partial charge in [-0.25, -0.2) is 4.79 Å². The number of aliphatic carboxylic acids is 1. The maximum absolute atomic E-state index is 12.2. The number of carbonyl (C=O) groups is 2. The molecule has 0 atom stereocenters. The molecule has 0 aromatic heterocycles. The molecule has 0 unspecified atom stereocenters. The molecular weight excluding hydrogens is 354 g/mol. The molecule has 0 spiro atoms. The fourth-order valence-electron chi connectivity index (χ4n) is 3.68. The standard InChI is InChI=1S/C19H26ClN3O3/c1-2-23(11-17(24)25)16-9-15(10-16)22-18(26)21-12-19(7-8-19)13-3-5-14(20)6-4-13/h3-6,15-16H,2,7-12H2,1H3,(H,24,25)(H2,21,22,26). The van der Waals surface area contributed by atoms with Gasteiger partial charge in [0.25, 0.3) is 0 Å². The van der Waals surface area contributed by atoms with Gasteiger partial charge in [0, 0.05) is 29.1 Å². The van der Waals surface area contributed by atoms with E-state index in [9.17, 15) is 9.59 Å². The van der Waals surface area contributed by atoms with Gasteiger partial charge in [-0.3, -0.25) is 9.69 Å². The summed E-state index contributed by atoms with van der Waals surface area (Å²) in [6.07, 6.45) is 3.75. The van der Waals surface area contributed by atoms with Crippen molar-refractivity contribution in [2.75, 3.05) is 19.6 Å². The molecule has 142 valence electrons. The molecule has 2 saturated carbocycles. The van der Waals surface area contributed by atoms with Gasteiger partial charge in [-0.15, -0.1) is 0 Å². The first-order chi connectivity index (χ1) is 12.4. The second kappa shape index (κ2) is 7.84. The summed E-state index contributed by atoms with van der Waals surface area (Å²) >= 11 is 5.95. The predicted molar refractivity (Wildman–Crippen MR) is 101 cm³/mol. The van der Waals surface area contributed by atoms with E-state index in [2.05, 4.69) is 10.6 Å². The molecule has 1 aromatic rings. The van der Waals surface area contributed by atoms with Gasteiger partial charge in [0.05, 0.1) is 6.54 Å². The third-order valence-corrected chi connectivity index (χ3v) is 5.86. The smallest absolute Gasteiger partial charge is 0.317 e. The number of halogens is 1. The fraction of sp³-hybridized carbons (Fsp3) is 0.579. The van der Waals surface area contributed by atoms with Gasteiger partial charge < -0.3 is 15.7 Å². The Morgan fingerprint density at radius 2 is 1.92 bits per heavy atom. The minimum Gasteiger partial charge on any atom is -0.480 e. The molecule has 2 amide bonds. The number of hydrogen-bond acceptors (Lipinski definition) is 3. The maximum atomic E-state index is 12.2. The zero-order chi connectivity index (χ0) is 18.7. The van der Waals surface area contributed by atoms with Crippen molar-refractivity contribution in [3.63, 3.8) is 0 Å². The number of amides is 2. The molecule has 2 fully saturated rings. The highest BCUT2D eigenvalue weighted by molar-refractivity contribution is 6.30. The lowest BCUT2D eigenvalue weighted by atomic mass is 9.85. The molecule has 3 rings (SSSR count). The first-order valence-electron chi connectivity index (χ1n) is 9.18. The number of carboxylic acid groups (broad SMARTS) is 1. The van der Waals surface area contributed by atoms with E-state index in [1.54, 1.807) is 0 Å². The van der Waals surface area contributed by atoms with Gasteiger partial charge in [-0.2, -0.15) is 0 Å². The average Bonchev–Trinajstić information content (AvgIpc) is 3.35. The number of nitrogens with one attached hydrogen (secondary N) is 2. The Balaban J connectivity index is 1.40. The van der Waals surface area contributed by atoms with Gasteiger partial charge in [-0.05, 0) is 49.9 Å². The highest BCUT2D eigenvalue weighted by Gasteiger charge is 2.44. The van der Waals surface area contributed by atoms with Crippen LogP contribution in [0.25, 0.3) is 0 Å². The molecule has 0 aliphatic heterocycles. The molecule has 6 nitrogen and oxygen atoms in total. The summed E-state index contributed by atoms with van der Waals surface area (Å²) in [7, 11) is 0. The highest BCUT2D eigenvalue weighted by atomic mass is 35.5. The fourth-order valence-corrected chi connectivity index (χ4v) is 3.81. The van der Waals surface area contributed by atoms with Crippen molar-refractivity contribution in [2.45, 2.75) is 50.1 Å². The largest absolute Gasteiger partial charge is 0.480 e. The third-order valence-electron chi connectivity index (χ3n) is 5.61. The Labute approximate surface area is 158 Å². The van der Waals surface area contributed by atoms with Crippen LogP contribution in [0, 0.1) is 0 Å². The van der Waals surface area contributed by atoms with Crippen LogP contribution in [0.2, 0.25) is 5.02 Å². The molecule has 0 heterocycles. The molecule has 1 aromatic carbocycles. The van der Waals surface area contributed by atoms with E-state index >= 15 is 0 Å². The molecule has 0 bridgehead atoms. The summed E-state index contributed by atoms with van der Waals surface area (Å²) in [6.45, 7) is 3.35. The normalized spacial score (nSPS) is 23.2. The minimum atomic E-state index is -0.807. The molecule has 3 N–H and O–H groups in total. The number of nitrogens with zero attached hydrogens (tertiary/aromatic N) is 1. The van der Waals surface area contributed by atoms with Crippen LogP contribution in [0.3, 0.4) is 0 Å². The van der Waals surface area contributed by atoms with Crippen molar-refractivity contribution in [2.24, 2.45) is 0 Å². The Morgan fingerprint density at radius 3 is 2.46 bits per heavy atom. The molecular formula is C19H26ClN3O3. The van der Waals surface area contributed by atoms with Crippen LogP contribution in [0.15, 0.2) is 24.3 Å². The lowest BCUT2D eigenvalue weighted by Crippen LogP contribution is -2.56. The number of carboxylic acids is 1. The minimum absolute atomic E-state index is 0.0462. The lowest BCUT2D eigenvalue weighted by molar-refractivity contribution is -0.139. The van der Waals surface area contributed by atoms with Crippen LogP contribution < -0.4 is 10.6 Å². The van der Waals surface area contributed by atoms with Crippen molar-refractivity contribution < 1.29 is 14.7 Å². The maximum Gasteiger partial charge on any atom is 0.317 e. The van der Waals surface area contributed by atoms with Crippen LogP contribution >= 0.6 is 11.6 Å². The van der Waals surface area contributed by atoms with Gasteiger partial charge in [0.2, 0.25) is 0 Å². The third kappa shape index (κ3) is 4.48. The summed E-state index contributed by atoms with van der Waals surface area (Å²) in [6, 6.07) is 8.07. The summed E-state index contributed by atoms with van der Waals surface area (Å²) in [5.74, 6) is -0.807. The van der Waals surface area contributed by atoms with E-state index in [1.807, 2.05) is 36.1 Å². The molecule has 0 saturated heterocycles. The number of urea groups is 1. The van der Waals surface area contributed by atoms with Crippen LogP contribution in [-0.4, -0.2) is 53.7 Å². The Kier molecular flexibility index (Phi) is 5.73. The number of rotatable bonds is 8. The van der Waals surface area contributed by atoms with Gasteiger partial charge >= 0.3 is 12.0 Å². The first-order valence-corrected chi connectivity index (χ1v) is 9.56. The average molecular weight is 380 g/mol. The van der Waals surface area contributed by atoms with Gasteiger partial charge in [0.15, 0.2) is 0 Å². The lowest BCUT2D eigenvalue weighted by Gasteiger charge is -2.42. The zero-order valence-corrected chi connectivity index (χ0v) is 15.8. The second-order valence-corrected chi connectivity index (χ2v) is 7.83. The summed E-state index contributed by atoms with van der Waals surface area (Å²) in [5, 5.41) is 15.6. The van der Waals surface area contributed by atoms with E-state index in [0.29, 0.717) is 13.1 Å². The van der Waals surface area contributed by atoms with Crippen molar-refractivity contribution in [1.82, 2.24) is 15.5 Å². The Morgan fingerprint density at radius 1 is 1.27 bits per heavy atom. The number of benzene rings is 1. The quantitative estimate of drug-likeness (QED) is 0.648. The number of likely N-dealkylation sites (N-methyl/N-ethyl adjacent to an activating group) is 1. The molecule has 7 heteroatoms. The predicted octanol–water partition coefficient (Wildman–Crippen LogP) is 2.61. The molecule has 2 aliphatic rings. The molecule has 2 aliphatic carbocycles. The SMILES string of the molecule is CCN(CC(=O)O)C1CC(NC(=O)NCC2(c3ccc(Cl)cc3)CC2)C1. The van der Waals surface area contributed by atoms with E-state index < -0.39 is 5.97 Å². The summed E-state index contributed by atoms with van der Waals surface area (Å²) in [5.41, 5.74) is 1.27. The van der Waals surface area contributed by atoms with Crippen LogP contribution in [0.1, 0.15) is 38.2 Å². The van der Waals surface area contributed by atoms with E-state index in [0.717, 1.165) is 30.7 Å². The van der Waals surface area contributed by atoms with Crippen molar-refractivity contribution in [1.29, 1.82) is 0 Å². The number of carbonyl (C=O) groups excluding carboxylic acids is 1. The topological polar surface area (TPSA) is 81.7 Å².